The van der Waals surface area contributed by atoms with Crippen LogP contribution >= 0.6 is 0 Å². The number of hydrogen-bond acceptors (Lipinski definition) is 1. The van der Waals surface area contributed by atoms with Crippen molar-refractivity contribution in [3.8, 4) is 0 Å². The summed E-state index contributed by atoms with van der Waals surface area (Å²) in [5, 5.41) is 2.40. The van der Waals surface area contributed by atoms with Gasteiger partial charge in [0.1, 0.15) is 5.76 Å². The predicted octanol–water partition coefficient (Wildman–Crippen LogP) is 3.20. The molecule has 0 aliphatic heterocycles. The van der Waals surface area contributed by atoms with E-state index in [0.717, 1.165) is 18.6 Å². The normalized spacial score (nSPS) is 10.8. The molecular weight excluding hydrogens is 148 g/mol. The van der Waals surface area contributed by atoms with E-state index in [9.17, 15) is 0 Å². The Kier molecular flexibility index (Phi) is 1.86. The van der Waals surface area contributed by atoms with E-state index in [2.05, 4.69) is 19.1 Å². The van der Waals surface area contributed by atoms with Crippen LogP contribution in [0.4, 0.5) is 0 Å². The fourth-order valence-corrected chi connectivity index (χ4v) is 1.41. The Balaban J connectivity index is 2.55. The highest BCUT2D eigenvalue weighted by molar-refractivity contribution is 5.83. The van der Waals surface area contributed by atoms with E-state index in [1.165, 1.54) is 10.8 Å². The minimum atomic E-state index is 0.886. The van der Waals surface area contributed by atoms with Gasteiger partial charge in [-0.1, -0.05) is 31.2 Å². The average molecular weight is 159 g/mol. The molecule has 0 spiro atoms. The van der Waals surface area contributed by atoms with Crippen molar-refractivity contribution in [1.29, 1.82) is 0 Å². The number of aryl methyl sites for hydroxylation is 1. The molecule has 1 aromatic heterocycles. The van der Waals surface area contributed by atoms with Crippen molar-refractivity contribution in [2.45, 2.75) is 12.8 Å². The van der Waals surface area contributed by atoms with Crippen LogP contribution in [0.15, 0.2) is 34.9 Å². The maximum Gasteiger partial charge on any atom is 0.111 e. The van der Waals surface area contributed by atoms with Gasteiger partial charge in [0, 0.05) is 17.2 Å². The Morgan fingerprint density at radius 2 is 2.08 bits per heavy atom. The number of rotatable bonds is 2. The zero-order valence-electron chi connectivity index (χ0n) is 6.92. The van der Waals surface area contributed by atoms with Crippen LogP contribution in [0.1, 0.15) is 12.2 Å². The summed E-state index contributed by atoms with van der Waals surface area (Å²) in [6.45, 7) is 3.81. The maximum absolute atomic E-state index is 5.42. The number of furan rings is 1. The first-order valence-electron chi connectivity index (χ1n) is 4.16. The second-order valence-corrected chi connectivity index (χ2v) is 2.85. The van der Waals surface area contributed by atoms with Gasteiger partial charge in [-0.2, -0.15) is 0 Å². The highest BCUT2D eigenvalue weighted by Crippen LogP contribution is 2.21. The van der Waals surface area contributed by atoms with Crippen molar-refractivity contribution in [3.05, 3.63) is 43.2 Å². The molecule has 0 aliphatic rings. The molecule has 0 N–H and O–H groups in total. The largest absolute Gasteiger partial charge is 0.468 e. The van der Waals surface area contributed by atoms with Gasteiger partial charge in [0.15, 0.2) is 0 Å². The van der Waals surface area contributed by atoms with Gasteiger partial charge in [-0.3, -0.25) is 0 Å². The molecule has 0 unspecified atom stereocenters. The van der Waals surface area contributed by atoms with Crippen LogP contribution in [0.3, 0.4) is 0 Å². The summed E-state index contributed by atoms with van der Waals surface area (Å²) in [7, 11) is 0. The quantitative estimate of drug-likeness (QED) is 0.655. The molecule has 1 heteroatoms. The van der Waals surface area contributed by atoms with Crippen LogP contribution in [-0.2, 0) is 6.42 Å². The topological polar surface area (TPSA) is 13.1 Å². The van der Waals surface area contributed by atoms with Crippen molar-refractivity contribution >= 4 is 10.8 Å². The van der Waals surface area contributed by atoms with Crippen LogP contribution in [-0.4, -0.2) is 0 Å². The Morgan fingerprint density at radius 3 is 2.92 bits per heavy atom. The third kappa shape index (κ3) is 1.11. The molecule has 0 saturated heterocycles. The molecule has 1 radical (unpaired) electrons. The van der Waals surface area contributed by atoms with Crippen LogP contribution in [0.25, 0.3) is 10.8 Å². The SMILES string of the molecule is [CH2]CCc1occ2ccccc12. The van der Waals surface area contributed by atoms with Gasteiger partial charge in [-0.15, -0.1) is 0 Å². The lowest BCUT2D eigenvalue weighted by molar-refractivity contribution is 0.515. The predicted molar refractivity (Wildman–Crippen MR) is 49.9 cm³/mol. The van der Waals surface area contributed by atoms with E-state index >= 15 is 0 Å². The number of benzene rings is 1. The second-order valence-electron chi connectivity index (χ2n) is 2.85. The summed E-state index contributed by atoms with van der Waals surface area (Å²) in [6.07, 6.45) is 3.62. The summed E-state index contributed by atoms with van der Waals surface area (Å²) >= 11 is 0. The molecule has 0 saturated carbocycles. The third-order valence-corrected chi connectivity index (χ3v) is 1.99. The Labute approximate surface area is 72.0 Å². The lowest BCUT2D eigenvalue weighted by Crippen LogP contribution is -1.78. The van der Waals surface area contributed by atoms with Gasteiger partial charge in [-0.25, -0.2) is 0 Å². The first-order valence-corrected chi connectivity index (χ1v) is 4.16. The van der Waals surface area contributed by atoms with E-state index in [-0.39, 0.29) is 0 Å². The molecule has 2 aromatic rings. The molecular formula is C11H11O. The maximum atomic E-state index is 5.42. The van der Waals surface area contributed by atoms with Gasteiger partial charge in [-0.05, 0) is 6.42 Å². The Hall–Kier alpha value is -1.24. The first-order chi connectivity index (χ1) is 5.92. The van der Waals surface area contributed by atoms with Crippen LogP contribution in [0, 0.1) is 6.92 Å². The minimum absolute atomic E-state index is 0.886. The lowest BCUT2D eigenvalue weighted by Gasteiger charge is -1.92. The standard InChI is InChI=1S/C11H11O/c1-2-5-11-10-7-4-3-6-9(10)8-12-11/h3-4,6-8H,1-2,5H2. The van der Waals surface area contributed by atoms with E-state index in [0.29, 0.717) is 0 Å². The van der Waals surface area contributed by atoms with Gasteiger partial charge in [0.25, 0.3) is 0 Å². The average Bonchev–Trinajstić information content (AvgIpc) is 2.50. The van der Waals surface area contributed by atoms with Crippen molar-refractivity contribution in [1.82, 2.24) is 0 Å². The second kappa shape index (κ2) is 3.02. The Morgan fingerprint density at radius 1 is 1.25 bits per heavy atom. The van der Waals surface area contributed by atoms with E-state index < -0.39 is 0 Å². The van der Waals surface area contributed by atoms with Crippen molar-refractivity contribution in [3.63, 3.8) is 0 Å². The smallest absolute Gasteiger partial charge is 0.111 e. The molecule has 0 atom stereocenters. The summed E-state index contributed by atoms with van der Waals surface area (Å²) in [5.74, 6) is 1.06. The van der Waals surface area contributed by atoms with Gasteiger partial charge >= 0.3 is 0 Å². The van der Waals surface area contributed by atoms with Crippen LogP contribution < -0.4 is 0 Å². The molecule has 1 aromatic carbocycles. The van der Waals surface area contributed by atoms with E-state index in [4.69, 9.17) is 4.42 Å². The van der Waals surface area contributed by atoms with Crippen molar-refractivity contribution < 1.29 is 4.42 Å². The molecule has 0 bridgehead atoms. The zero-order chi connectivity index (χ0) is 8.39. The number of fused-ring (bicyclic) bond motifs is 1. The molecule has 2 rings (SSSR count). The van der Waals surface area contributed by atoms with Gasteiger partial charge in [0.2, 0.25) is 0 Å². The summed E-state index contributed by atoms with van der Waals surface area (Å²) in [5.41, 5.74) is 0. The lowest BCUT2D eigenvalue weighted by atomic mass is 10.1. The highest BCUT2D eigenvalue weighted by Gasteiger charge is 2.02. The Bertz CT molecular complexity index is 373. The molecule has 1 nitrogen and oxygen atoms in total. The number of hydrogen-bond donors (Lipinski definition) is 0. The van der Waals surface area contributed by atoms with Crippen molar-refractivity contribution in [2.75, 3.05) is 0 Å². The fraction of sp³-hybridized carbons (Fsp3) is 0.182. The van der Waals surface area contributed by atoms with Gasteiger partial charge in [0.05, 0.1) is 6.26 Å². The van der Waals surface area contributed by atoms with E-state index in [1.54, 1.807) is 6.26 Å². The third-order valence-electron chi connectivity index (χ3n) is 1.99. The molecule has 0 aliphatic carbocycles. The summed E-state index contributed by atoms with van der Waals surface area (Å²) in [6, 6.07) is 8.20. The molecule has 12 heavy (non-hydrogen) atoms. The fourth-order valence-electron chi connectivity index (χ4n) is 1.41. The first kappa shape index (κ1) is 7.41. The molecule has 0 amide bonds. The van der Waals surface area contributed by atoms with Crippen LogP contribution in [0.5, 0.6) is 0 Å². The minimum Gasteiger partial charge on any atom is -0.468 e. The summed E-state index contributed by atoms with van der Waals surface area (Å²) < 4.78 is 5.42. The monoisotopic (exact) mass is 159 g/mol. The van der Waals surface area contributed by atoms with Gasteiger partial charge < -0.3 is 4.42 Å². The molecule has 1 heterocycles. The summed E-state index contributed by atoms with van der Waals surface area (Å²) in [4.78, 5) is 0. The van der Waals surface area contributed by atoms with E-state index in [1.807, 2.05) is 12.1 Å². The highest BCUT2D eigenvalue weighted by atomic mass is 16.3. The molecule has 61 valence electrons. The molecule has 0 fully saturated rings. The van der Waals surface area contributed by atoms with Crippen LogP contribution in [0.2, 0.25) is 0 Å². The van der Waals surface area contributed by atoms with Crippen molar-refractivity contribution in [2.24, 2.45) is 0 Å². The zero-order valence-corrected chi connectivity index (χ0v) is 6.92.